The molecule has 1 fully saturated rings. The number of hydrogen-bond donors (Lipinski definition) is 1. The summed E-state index contributed by atoms with van der Waals surface area (Å²) in [4.78, 5) is 27.2. The third kappa shape index (κ3) is 5.65. The highest BCUT2D eigenvalue weighted by Gasteiger charge is 2.28. The number of hydrogen-bond acceptors (Lipinski definition) is 5. The van der Waals surface area contributed by atoms with Gasteiger partial charge in [0.2, 0.25) is 11.8 Å². The number of likely N-dealkylation sites (tertiary alicyclic amines) is 1. The van der Waals surface area contributed by atoms with Crippen LogP contribution < -0.4 is 19.5 Å². The van der Waals surface area contributed by atoms with Crippen molar-refractivity contribution in [3.8, 4) is 17.2 Å². The van der Waals surface area contributed by atoms with Gasteiger partial charge in [-0.15, -0.1) is 0 Å². The van der Waals surface area contributed by atoms with E-state index in [1.807, 2.05) is 30.3 Å². The molecule has 2 aromatic rings. The summed E-state index contributed by atoms with van der Waals surface area (Å²) in [5, 5.41) is 2.92. The first-order chi connectivity index (χ1) is 14.6. The van der Waals surface area contributed by atoms with Crippen LogP contribution in [-0.4, -0.2) is 50.6 Å². The first-order valence-corrected chi connectivity index (χ1v) is 10.1. The number of rotatable bonds is 8. The van der Waals surface area contributed by atoms with E-state index in [1.54, 1.807) is 37.3 Å². The van der Waals surface area contributed by atoms with Crippen LogP contribution >= 0.6 is 0 Å². The lowest BCUT2D eigenvalue weighted by Gasteiger charge is -2.32. The van der Waals surface area contributed by atoms with Gasteiger partial charge in [0.15, 0.2) is 0 Å². The number of amides is 2. The molecule has 0 bridgehead atoms. The van der Waals surface area contributed by atoms with Gasteiger partial charge >= 0.3 is 0 Å². The molecule has 2 amide bonds. The molecule has 0 spiro atoms. The average Bonchev–Trinajstić information content (AvgIpc) is 2.79. The fourth-order valence-corrected chi connectivity index (χ4v) is 3.50. The molecule has 7 heteroatoms. The smallest absolute Gasteiger partial charge is 0.229 e. The summed E-state index contributed by atoms with van der Waals surface area (Å²) in [7, 11) is 3.12. The number of ether oxygens (including phenoxy) is 3. The number of methoxy groups -OCH3 is 2. The van der Waals surface area contributed by atoms with Crippen LogP contribution in [0.25, 0.3) is 0 Å². The van der Waals surface area contributed by atoms with Crippen molar-refractivity contribution in [1.29, 1.82) is 0 Å². The van der Waals surface area contributed by atoms with Crippen molar-refractivity contribution < 1.29 is 23.8 Å². The number of piperidine rings is 1. The summed E-state index contributed by atoms with van der Waals surface area (Å²) in [5.41, 5.74) is 0.557. The number of para-hydroxylation sites is 1. The van der Waals surface area contributed by atoms with Gasteiger partial charge in [0.05, 0.1) is 38.9 Å². The molecule has 0 saturated carbocycles. The van der Waals surface area contributed by atoms with Crippen molar-refractivity contribution in [3.63, 3.8) is 0 Å². The minimum atomic E-state index is -0.270. The standard InChI is InChI=1S/C23H28N2O5/c1-28-19-10-11-21(29-2)20(15-19)24-23(27)17-7-6-13-25(16-17)22(26)12-14-30-18-8-4-3-5-9-18/h3-5,8-11,15,17H,6-7,12-14,16H2,1-2H3,(H,24,27). The van der Waals surface area contributed by atoms with Crippen LogP contribution in [0.4, 0.5) is 5.69 Å². The predicted octanol–water partition coefficient (Wildman–Crippen LogP) is 3.35. The Morgan fingerprint density at radius 2 is 1.87 bits per heavy atom. The van der Waals surface area contributed by atoms with Crippen LogP contribution in [0.3, 0.4) is 0 Å². The lowest BCUT2D eigenvalue weighted by molar-refractivity contribution is -0.135. The van der Waals surface area contributed by atoms with Crippen LogP contribution in [0.5, 0.6) is 17.2 Å². The van der Waals surface area contributed by atoms with E-state index >= 15 is 0 Å². The average molecular weight is 412 g/mol. The maximum Gasteiger partial charge on any atom is 0.229 e. The van der Waals surface area contributed by atoms with E-state index in [-0.39, 0.29) is 24.2 Å². The molecule has 1 unspecified atom stereocenters. The molecular formula is C23H28N2O5. The van der Waals surface area contributed by atoms with Crippen LogP contribution in [0, 0.1) is 5.92 Å². The Balaban J connectivity index is 1.53. The first-order valence-electron chi connectivity index (χ1n) is 10.1. The highest BCUT2D eigenvalue weighted by atomic mass is 16.5. The van der Waals surface area contributed by atoms with E-state index in [1.165, 1.54) is 0 Å². The Hall–Kier alpha value is -3.22. The molecule has 2 aromatic carbocycles. The van der Waals surface area contributed by atoms with Gasteiger partial charge in [0.25, 0.3) is 0 Å². The molecule has 0 aliphatic carbocycles. The van der Waals surface area contributed by atoms with Crippen molar-refractivity contribution in [2.75, 3.05) is 39.2 Å². The third-order valence-corrected chi connectivity index (χ3v) is 5.14. The van der Waals surface area contributed by atoms with Gasteiger partial charge in [-0.1, -0.05) is 18.2 Å². The van der Waals surface area contributed by atoms with Gasteiger partial charge in [0, 0.05) is 19.2 Å². The number of benzene rings is 2. The molecule has 0 radical (unpaired) electrons. The summed E-state index contributed by atoms with van der Waals surface area (Å²) in [6.07, 6.45) is 1.81. The van der Waals surface area contributed by atoms with Crippen molar-refractivity contribution >= 4 is 17.5 Å². The second kappa shape index (κ2) is 10.5. The SMILES string of the molecule is COc1ccc(OC)c(NC(=O)C2CCCN(C(=O)CCOc3ccccc3)C2)c1. The highest BCUT2D eigenvalue weighted by Crippen LogP contribution is 2.30. The summed E-state index contributed by atoms with van der Waals surface area (Å²) >= 11 is 0. The summed E-state index contributed by atoms with van der Waals surface area (Å²) < 4.78 is 16.2. The Kier molecular flexibility index (Phi) is 7.54. The zero-order chi connectivity index (χ0) is 21.3. The Morgan fingerprint density at radius 1 is 1.07 bits per heavy atom. The van der Waals surface area contributed by atoms with Gasteiger partial charge in [-0.05, 0) is 37.1 Å². The lowest BCUT2D eigenvalue weighted by Crippen LogP contribution is -2.44. The van der Waals surface area contributed by atoms with Crippen LogP contribution in [0.15, 0.2) is 48.5 Å². The Labute approximate surface area is 176 Å². The fraction of sp³-hybridized carbons (Fsp3) is 0.391. The van der Waals surface area contributed by atoms with E-state index in [0.717, 1.165) is 18.6 Å². The normalized spacial score (nSPS) is 15.9. The largest absolute Gasteiger partial charge is 0.497 e. The molecule has 30 heavy (non-hydrogen) atoms. The number of anilines is 1. The Morgan fingerprint density at radius 3 is 2.60 bits per heavy atom. The fourth-order valence-electron chi connectivity index (χ4n) is 3.50. The second-order valence-corrected chi connectivity index (χ2v) is 7.15. The number of nitrogens with zero attached hydrogens (tertiary/aromatic N) is 1. The van der Waals surface area contributed by atoms with E-state index in [0.29, 0.717) is 36.9 Å². The van der Waals surface area contributed by atoms with Gasteiger partial charge in [-0.25, -0.2) is 0 Å². The van der Waals surface area contributed by atoms with E-state index in [4.69, 9.17) is 14.2 Å². The molecule has 160 valence electrons. The molecule has 7 nitrogen and oxygen atoms in total. The molecule has 1 heterocycles. The van der Waals surface area contributed by atoms with Gasteiger partial charge in [-0.3, -0.25) is 9.59 Å². The van der Waals surface area contributed by atoms with Crippen LogP contribution in [0.1, 0.15) is 19.3 Å². The zero-order valence-corrected chi connectivity index (χ0v) is 17.4. The summed E-state index contributed by atoms with van der Waals surface area (Å²) in [6, 6.07) is 14.7. The quantitative estimate of drug-likeness (QED) is 0.720. The number of carbonyl (C=O) groups is 2. The maximum absolute atomic E-state index is 12.8. The molecule has 0 aromatic heterocycles. The van der Waals surface area contributed by atoms with Crippen molar-refractivity contribution in [2.45, 2.75) is 19.3 Å². The minimum absolute atomic E-state index is 0.00221. The monoisotopic (exact) mass is 412 g/mol. The zero-order valence-electron chi connectivity index (χ0n) is 17.4. The lowest BCUT2D eigenvalue weighted by atomic mass is 9.96. The maximum atomic E-state index is 12.8. The van der Waals surface area contributed by atoms with Crippen molar-refractivity contribution in [2.24, 2.45) is 5.92 Å². The molecule has 1 atom stereocenters. The molecular weight excluding hydrogens is 384 g/mol. The highest BCUT2D eigenvalue weighted by molar-refractivity contribution is 5.94. The van der Waals surface area contributed by atoms with Crippen molar-refractivity contribution in [3.05, 3.63) is 48.5 Å². The number of carbonyl (C=O) groups excluding carboxylic acids is 2. The predicted molar refractivity (Wildman–Crippen MR) is 114 cm³/mol. The van der Waals surface area contributed by atoms with E-state index in [2.05, 4.69) is 5.32 Å². The Bertz CT molecular complexity index is 856. The van der Waals surface area contributed by atoms with E-state index in [9.17, 15) is 9.59 Å². The molecule has 3 rings (SSSR count). The van der Waals surface area contributed by atoms with Gasteiger partial charge in [0.1, 0.15) is 17.2 Å². The van der Waals surface area contributed by atoms with Crippen molar-refractivity contribution in [1.82, 2.24) is 4.90 Å². The number of nitrogens with one attached hydrogen (secondary N) is 1. The van der Waals surface area contributed by atoms with Crippen LogP contribution in [0.2, 0.25) is 0 Å². The van der Waals surface area contributed by atoms with E-state index < -0.39 is 0 Å². The molecule has 1 saturated heterocycles. The molecule has 1 aliphatic rings. The summed E-state index contributed by atoms with van der Waals surface area (Å²) in [6.45, 7) is 1.38. The third-order valence-electron chi connectivity index (χ3n) is 5.14. The topological polar surface area (TPSA) is 77.1 Å². The van der Waals surface area contributed by atoms with Crippen LogP contribution in [-0.2, 0) is 9.59 Å². The molecule has 1 N–H and O–H groups in total. The second-order valence-electron chi connectivity index (χ2n) is 7.15. The van der Waals surface area contributed by atoms with Gasteiger partial charge in [-0.2, -0.15) is 0 Å². The minimum Gasteiger partial charge on any atom is -0.497 e. The molecule has 1 aliphatic heterocycles. The first kappa shape index (κ1) is 21.5. The summed E-state index contributed by atoms with van der Waals surface area (Å²) in [5.74, 6) is 1.54. The van der Waals surface area contributed by atoms with Gasteiger partial charge < -0.3 is 24.4 Å².